The van der Waals surface area contributed by atoms with Crippen LogP contribution in [0.3, 0.4) is 0 Å². The predicted octanol–water partition coefficient (Wildman–Crippen LogP) is 2.91. The molecular formula is C13H19BrN2O2. The fourth-order valence-electron chi connectivity index (χ4n) is 1.56. The topological polar surface area (TPSA) is 64.4 Å². The second-order valence-corrected chi connectivity index (χ2v) is 5.00. The van der Waals surface area contributed by atoms with Crippen molar-refractivity contribution in [3.05, 3.63) is 22.7 Å². The third kappa shape index (κ3) is 4.31. The summed E-state index contributed by atoms with van der Waals surface area (Å²) >= 11 is 3.36. The number of anilines is 1. The van der Waals surface area contributed by atoms with Crippen molar-refractivity contribution in [2.75, 3.05) is 12.4 Å². The second kappa shape index (κ2) is 7.38. The normalized spacial score (nSPS) is 12.0. The number of benzene rings is 1. The third-order valence-electron chi connectivity index (χ3n) is 2.62. The molecule has 4 nitrogen and oxygen atoms in total. The summed E-state index contributed by atoms with van der Waals surface area (Å²) in [7, 11) is 1.57. The van der Waals surface area contributed by atoms with E-state index in [-0.39, 0.29) is 5.91 Å². The van der Waals surface area contributed by atoms with Crippen LogP contribution in [0.15, 0.2) is 22.7 Å². The van der Waals surface area contributed by atoms with E-state index in [9.17, 15) is 4.79 Å². The van der Waals surface area contributed by atoms with Gasteiger partial charge in [-0.15, -0.1) is 0 Å². The zero-order chi connectivity index (χ0) is 13.5. The Balaban J connectivity index is 2.71. The van der Waals surface area contributed by atoms with Crippen LogP contribution in [0, 0.1) is 0 Å². The SMILES string of the molecule is CCCCC(N)C(=O)Nc1cc(Br)ccc1OC. The first kappa shape index (κ1) is 15.0. The lowest BCUT2D eigenvalue weighted by atomic mass is 10.1. The van der Waals surface area contributed by atoms with E-state index < -0.39 is 6.04 Å². The molecule has 0 spiro atoms. The van der Waals surface area contributed by atoms with Crippen molar-refractivity contribution >= 4 is 27.5 Å². The minimum absolute atomic E-state index is 0.181. The van der Waals surface area contributed by atoms with Gasteiger partial charge in [-0.2, -0.15) is 0 Å². The largest absolute Gasteiger partial charge is 0.495 e. The van der Waals surface area contributed by atoms with Crippen molar-refractivity contribution in [2.24, 2.45) is 5.73 Å². The summed E-state index contributed by atoms with van der Waals surface area (Å²) in [6.45, 7) is 2.07. The van der Waals surface area contributed by atoms with E-state index in [1.165, 1.54) is 0 Å². The van der Waals surface area contributed by atoms with Gasteiger partial charge in [0.15, 0.2) is 0 Å². The highest BCUT2D eigenvalue weighted by molar-refractivity contribution is 9.10. The molecule has 0 saturated heterocycles. The Morgan fingerprint density at radius 1 is 1.56 bits per heavy atom. The molecule has 100 valence electrons. The highest BCUT2D eigenvalue weighted by Crippen LogP contribution is 2.28. The Morgan fingerprint density at radius 3 is 2.89 bits per heavy atom. The van der Waals surface area contributed by atoms with Gasteiger partial charge in [-0.1, -0.05) is 35.7 Å². The number of rotatable bonds is 6. The monoisotopic (exact) mass is 314 g/mol. The predicted molar refractivity (Wildman–Crippen MR) is 76.8 cm³/mol. The summed E-state index contributed by atoms with van der Waals surface area (Å²) < 4.78 is 6.06. The number of hydrogen-bond acceptors (Lipinski definition) is 3. The molecule has 1 unspecified atom stereocenters. The molecule has 1 amide bonds. The number of carbonyl (C=O) groups is 1. The number of hydrogen-bond donors (Lipinski definition) is 2. The van der Waals surface area contributed by atoms with Gasteiger partial charge < -0.3 is 15.8 Å². The molecule has 0 heterocycles. The smallest absolute Gasteiger partial charge is 0.241 e. The van der Waals surface area contributed by atoms with E-state index in [0.29, 0.717) is 17.9 Å². The summed E-state index contributed by atoms with van der Waals surface area (Å²) in [6.07, 6.45) is 2.67. The number of carbonyl (C=O) groups excluding carboxylic acids is 1. The Morgan fingerprint density at radius 2 is 2.28 bits per heavy atom. The van der Waals surface area contributed by atoms with Gasteiger partial charge in [-0.25, -0.2) is 0 Å². The van der Waals surface area contributed by atoms with E-state index in [0.717, 1.165) is 17.3 Å². The van der Waals surface area contributed by atoms with Gasteiger partial charge in [-0.3, -0.25) is 4.79 Å². The second-order valence-electron chi connectivity index (χ2n) is 4.08. The molecule has 0 aliphatic rings. The molecular weight excluding hydrogens is 296 g/mol. The molecule has 0 bridgehead atoms. The molecule has 5 heteroatoms. The fourth-order valence-corrected chi connectivity index (χ4v) is 1.92. The Kier molecular flexibility index (Phi) is 6.15. The van der Waals surface area contributed by atoms with Crippen LogP contribution in [0.25, 0.3) is 0 Å². The number of methoxy groups -OCH3 is 1. The van der Waals surface area contributed by atoms with E-state index >= 15 is 0 Å². The molecule has 0 aliphatic carbocycles. The minimum Gasteiger partial charge on any atom is -0.495 e. The maximum absolute atomic E-state index is 11.9. The first-order valence-electron chi connectivity index (χ1n) is 5.98. The Labute approximate surface area is 116 Å². The van der Waals surface area contributed by atoms with Crippen molar-refractivity contribution in [3.8, 4) is 5.75 Å². The highest BCUT2D eigenvalue weighted by Gasteiger charge is 2.15. The number of ether oxygens (including phenoxy) is 1. The van der Waals surface area contributed by atoms with Crippen molar-refractivity contribution in [1.29, 1.82) is 0 Å². The lowest BCUT2D eigenvalue weighted by Gasteiger charge is -2.14. The van der Waals surface area contributed by atoms with Gasteiger partial charge in [-0.05, 0) is 24.6 Å². The maximum atomic E-state index is 11.9. The average molecular weight is 315 g/mol. The number of nitrogens with one attached hydrogen (secondary N) is 1. The van der Waals surface area contributed by atoms with Gasteiger partial charge in [0.05, 0.1) is 18.8 Å². The highest BCUT2D eigenvalue weighted by atomic mass is 79.9. The van der Waals surface area contributed by atoms with Gasteiger partial charge in [0.1, 0.15) is 5.75 Å². The summed E-state index contributed by atoms with van der Waals surface area (Å²) in [6, 6.07) is 4.96. The van der Waals surface area contributed by atoms with Crippen LogP contribution in [0.5, 0.6) is 5.75 Å². The van der Waals surface area contributed by atoms with E-state index in [2.05, 4.69) is 28.2 Å². The van der Waals surface area contributed by atoms with Crippen LogP contribution in [-0.4, -0.2) is 19.1 Å². The van der Waals surface area contributed by atoms with Gasteiger partial charge in [0.25, 0.3) is 0 Å². The maximum Gasteiger partial charge on any atom is 0.241 e. The third-order valence-corrected chi connectivity index (χ3v) is 3.12. The minimum atomic E-state index is -0.478. The fraction of sp³-hybridized carbons (Fsp3) is 0.462. The molecule has 0 fully saturated rings. The molecule has 1 aromatic rings. The van der Waals surface area contributed by atoms with E-state index in [1.54, 1.807) is 19.2 Å². The zero-order valence-corrected chi connectivity index (χ0v) is 12.3. The van der Waals surface area contributed by atoms with Crippen LogP contribution < -0.4 is 15.8 Å². The van der Waals surface area contributed by atoms with Crippen molar-refractivity contribution < 1.29 is 9.53 Å². The molecule has 0 saturated carbocycles. The quantitative estimate of drug-likeness (QED) is 0.848. The molecule has 0 radical (unpaired) electrons. The summed E-state index contributed by atoms with van der Waals surface area (Å²) in [4.78, 5) is 11.9. The molecule has 18 heavy (non-hydrogen) atoms. The van der Waals surface area contributed by atoms with Gasteiger partial charge >= 0.3 is 0 Å². The zero-order valence-electron chi connectivity index (χ0n) is 10.7. The number of halogens is 1. The Bertz CT molecular complexity index is 410. The van der Waals surface area contributed by atoms with Crippen molar-refractivity contribution in [3.63, 3.8) is 0 Å². The molecule has 1 aromatic carbocycles. The first-order chi connectivity index (χ1) is 8.58. The lowest BCUT2D eigenvalue weighted by molar-refractivity contribution is -0.117. The molecule has 0 aliphatic heterocycles. The van der Waals surface area contributed by atoms with Crippen LogP contribution >= 0.6 is 15.9 Å². The first-order valence-corrected chi connectivity index (χ1v) is 6.77. The van der Waals surface area contributed by atoms with Crippen LogP contribution in [0.2, 0.25) is 0 Å². The number of amides is 1. The summed E-state index contributed by atoms with van der Waals surface area (Å²) in [5.41, 5.74) is 6.44. The van der Waals surface area contributed by atoms with Gasteiger partial charge in [0.2, 0.25) is 5.91 Å². The van der Waals surface area contributed by atoms with Crippen LogP contribution in [0.1, 0.15) is 26.2 Å². The van der Waals surface area contributed by atoms with E-state index in [1.807, 2.05) is 6.07 Å². The lowest BCUT2D eigenvalue weighted by Crippen LogP contribution is -2.35. The standard InChI is InChI=1S/C13H19BrN2O2/c1-3-4-5-10(15)13(17)16-11-8-9(14)6-7-12(11)18-2/h6-8,10H,3-5,15H2,1-2H3,(H,16,17). The van der Waals surface area contributed by atoms with Gasteiger partial charge in [0, 0.05) is 4.47 Å². The Hall–Kier alpha value is -1.07. The average Bonchev–Trinajstić information content (AvgIpc) is 2.36. The molecule has 1 atom stereocenters. The van der Waals surface area contributed by atoms with E-state index in [4.69, 9.17) is 10.5 Å². The summed E-state index contributed by atoms with van der Waals surface area (Å²) in [5, 5.41) is 2.79. The van der Waals surface area contributed by atoms with Crippen molar-refractivity contribution in [2.45, 2.75) is 32.2 Å². The number of unbranched alkanes of at least 4 members (excludes halogenated alkanes) is 1. The molecule has 0 aromatic heterocycles. The van der Waals surface area contributed by atoms with Crippen LogP contribution in [-0.2, 0) is 4.79 Å². The van der Waals surface area contributed by atoms with Crippen LogP contribution in [0.4, 0.5) is 5.69 Å². The van der Waals surface area contributed by atoms with Crippen molar-refractivity contribution in [1.82, 2.24) is 0 Å². The number of nitrogens with two attached hydrogens (primary N) is 1. The summed E-state index contributed by atoms with van der Waals surface area (Å²) in [5.74, 6) is 0.439. The molecule has 3 N–H and O–H groups in total. The molecule has 1 rings (SSSR count).